The fourth-order valence-electron chi connectivity index (χ4n) is 2.04. The van der Waals surface area contributed by atoms with E-state index in [0.717, 1.165) is 6.42 Å². The van der Waals surface area contributed by atoms with Crippen molar-refractivity contribution in [3.05, 3.63) is 71.8 Å². The van der Waals surface area contributed by atoms with Crippen molar-refractivity contribution in [3.63, 3.8) is 0 Å². The molecule has 0 radical (unpaired) electrons. The molecule has 0 aliphatic heterocycles. The van der Waals surface area contributed by atoms with Gasteiger partial charge in [-0.1, -0.05) is 48.5 Å². The van der Waals surface area contributed by atoms with Crippen LogP contribution >= 0.6 is 12.2 Å². The summed E-state index contributed by atoms with van der Waals surface area (Å²) in [5, 5.41) is 6.18. The van der Waals surface area contributed by atoms with Gasteiger partial charge in [0.25, 0.3) is 5.91 Å². The molecule has 2 aromatic rings. The molecule has 0 fully saturated rings. The van der Waals surface area contributed by atoms with Crippen molar-refractivity contribution in [1.29, 1.82) is 0 Å². The Hall–Kier alpha value is -2.20. The Morgan fingerprint density at radius 2 is 1.62 bits per heavy atom. The fraction of sp³-hybridized carbons (Fsp3) is 0.176. The smallest absolute Gasteiger partial charge is 0.257 e. The van der Waals surface area contributed by atoms with Crippen LogP contribution in [0.2, 0.25) is 0 Å². The summed E-state index contributed by atoms with van der Waals surface area (Å²) in [5.41, 5.74) is 1.83. The summed E-state index contributed by atoms with van der Waals surface area (Å²) in [6, 6.07) is 19.3. The summed E-state index contributed by atoms with van der Waals surface area (Å²) in [4.78, 5) is 12.0. The zero-order chi connectivity index (χ0) is 15.1. The Kier molecular flexibility index (Phi) is 5.46. The molecule has 0 aromatic heterocycles. The monoisotopic (exact) mass is 298 g/mol. The third-order valence-electron chi connectivity index (χ3n) is 3.03. The van der Waals surface area contributed by atoms with E-state index in [2.05, 4.69) is 22.8 Å². The first-order chi connectivity index (χ1) is 10.1. The molecule has 2 rings (SSSR count). The average molecular weight is 298 g/mol. The first-order valence-electron chi connectivity index (χ1n) is 6.86. The van der Waals surface area contributed by atoms with Gasteiger partial charge < -0.3 is 5.32 Å². The number of rotatable bonds is 4. The second-order valence-electron chi connectivity index (χ2n) is 4.88. The first-order valence-corrected chi connectivity index (χ1v) is 7.27. The van der Waals surface area contributed by atoms with Crippen LogP contribution in [0.25, 0.3) is 0 Å². The number of hydrogen-bond donors (Lipinski definition) is 2. The molecule has 2 N–H and O–H groups in total. The van der Waals surface area contributed by atoms with E-state index >= 15 is 0 Å². The van der Waals surface area contributed by atoms with Crippen molar-refractivity contribution in [2.75, 3.05) is 0 Å². The zero-order valence-corrected chi connectivity index (χ0v) is 12.7. The summed E-state index contributed by atoms with van der Waals surface area (Å²) >= 11 is 5.18. The minimum Gasteiger partial charge on any atom is -0.360 e. The highest BCUT2D eigenvalue weighted by Gasteiger charge is 2.09. The molecule has 2 aromatic carbocycles. The quantitative estimate of drug-likeness (QED) is 0.853. The molecule has 0 aliphatic carbocycles. The Morgan fingerprint density at radius 1 is 1.05 bits per heavy atom. The molecule has 4 heteroatoms. The van der Waals surface area contributed by atoms with Crippen LogP contribution in [0.1, 0.15) is 22.8 Å². The van der Waals surface area contributed by atoms with Crippen molar-refractivity contribution < 1.29 is 4.79 Å². The van der Waals surface area contributed by atoms with Gasteiger partial charge in [0.15, 0.2) is 5.11 Å². The predicted molar refractivity (Wildman–Crippen MR) is 89.2 cm³/mol. The van der Waals surface area contributed by atoms with E-state index in [9.17, 15) is 4.79 Å². The van der Waals surface area contributed by atoms with E-state index in [1.165, 1.54) is 5.56 Å². The SMILES string of the molecule is CC(Cc1ccccc1)NC(=S)NC(=O)c1ccccc1. The van der Waals surface area contributed by atoms with E-state index in [0.29, 0.717) is 10.7 Å². The third-order valence-corrected chi connectivity index (χ3v) is 3.25. The molecule has 1 amide bonds. The van der Waals surface area contributed by atoms with Gasteiger partial charge >= 0.3 is 0 Å². The van der Waals surface area contributed by atoms with Gasteiger partial charge in [0.1, 0.15) is 0 Å². The van der Waals surface area contributed by atoms with Gasteiger partial charge in [-0.3, -0.25) is 10.1 Å². The van der Waals surface area contributed by atoms with Crippen LogP contribution in [0, 0.1) is 0 Å². The molecule has 0 spiro atoms. The summed E-state index contributed by atoms with van der Waals surface area (Å²) < 4.78 is 0. The predicted octanol–water partition coefficient (Wildman–Crippen LogP) is 2.92. The van der Waals surface area contributed by atoms with Crippen molar-refractivity contribution in [2.24, 2.45) is 0 Å². The van der Waals surface area contributed by atoms with Crippen LogP contribution in [-0.2, 0) is 6.42 Å². The fourth-order valence-corrected chi connectivity index (χ4v) is 2.34. The summed E-state index contributed by atoms with van der Waals surface area (Å²) in [7, 11) is 0. The minimum absolute atomic E-state index is 0.149. The molecular formula is C17H18N2OS. The lowest BCUT2D eigenvalue weighted by molar-refractivity contribution is 0.0976. The summed E-state index contributed by atoms with van der Waals surface area (Å²) in [6.45, 7) is 2.04. The first kappa shape index (κ1) is 15.2. The molecule has 21 heavy (non-hydrogen) atoms. The average Bonchev–Trinajstić information content (AvgIpc) is 2.48. The Bertz CT molecular complexity index is 599. The van der Waals surface area contributed by atoms with Crippen molar-refractivity contribution >= 4 is 23.2 Å². The molecule has 0 saturated carbocycles. The number of carbonyl (C=O) groups excluding carboxylic acids is 1. The van der Waals surface area contributed by atoms with Gasteiger partial charge in [-0.2, -0.15) is 0 Å². The lowest BCUT2D eigenvalue weighted by Gasteiger charge is -2.16. The summed E-state index contributed by atoms with van der Waals surface area (Å²) in [5.74, 6) is -0.194. The zero-order valence-electron chi connectivity index (χ0n) is 11.9. The second kappa shape index (κ2) is 7.55. The molecular weight excluding hydrogens is 280 g/mol. The van der Waals surface area contributed by atoms with Gasteiger partial charge in [0.2, 0.25) is 0 Å². The maximum Gasteiger partial charge on any atom is 0.257 e. The highest BCUT2D eigenvalue weighted by molar-refractivity contribution is 7.80. The van der Waals surface area contributed by atoms with Gasteiger partial charge in [-0.05, 0) is 43.3 Å². The van der Waals surface area contributed by atoms with Crippen molar-refractivity contribution in [2.45, 2.75) is 19.4 Å². The number of carbonyl (C=O) groups is 1. The Morgan fingerprint density at radius 3 is 2.24 bits per heavy atom. The van der Waals surface area contributed by atoms with E-state index in [-0.39, 0.29) is 11.9 Å². The largest absolute Gasteiger partial charge is 0.360 e. The molecule has 3 nitrogen and oxygen atoms in total. The molecule has 1 unspecified atom stereocenters. The topological polar surface area (TPSA) is 41.1 Å². The maximum absolute atomic E-state index is 12.0. The van der Waals surface area contributed by atoms with Gasteiger partial charge in [-0.25, -0.2) is 0 Å². The van der Waals surface area contributed by atoms with Crippen LogP contribution in [0.5, 0.6) is 0 Å². The third kappa shape index (κ3) is 5.00. The molecule has 0 aliphatic rings. The minimum atomic E-state index is -0.194. The molecule has 108 valence electrons. The number of amides is 1. The number of nitrogens with one attached hydrogen (secondary N) is 2. The van der Waals surface area contributed by atoms with Gasteiger partial charge in [0, 0.05) is 11.6 Å². The van der Waals surface area contributed by atoms with E-state index in [1.807, 2.05) is 43.3 Å². The molecule has 0 heterocycles. The highest BCUT2D eigenvalue weighted by atomic mass is 32.1. The molecule has 0 saturated heterocycles. The second-order valence-corrected chi connectivity index (χ2v) is 5.29. The maximum atomic E-state index is 12.0. The van der Waals surface area contributed by atoms with Crippen molar-refractivity contribution in [1.82, 2.24) is 10.6 Å². The van der Waals surface area contributed by atoms with Gasteiger partial charge in [-0.15, -0.1) is 0 Å². The van der Waals surface area contributed by atoms with E-state index < -0.39 is 0 Å². The Labute approximate surface area is 130 Å². The standard InChI is InChI=1S/C17H18N2OS/c1-13(12-14-8-4-2-5-9-14)18-17(21)19-16(20)15-10-6-3-7-11-15/h2-11,13H,12H2,1H3,(H2,18,19,20,21). The van der Waals surface area contributed by atoms with Crippen molar-refractivity contribution in [3.8, 4) is 0 Å². The van der Waals surface area contributed by atoms with Crippen LogP contribution in [0.4, 0.5) is 0 Å². The van der Waals surface area contributed by atoms with Crippen LogP contribution in [0.15, 0.2) is 60.7 Å². The Balaban J connectivity index is 1.83. The lowest BCUT2D eigenvalue weighted by atomic mass is 10.1. The van der Waals surface area contributed by atoms with Gasteiger partial charge in [0.05, 0.1) is 0 Å². The van der Waals surface area contributed by atoms with Crippen LogP contribution in [-0.4, -0.2) is 17.1 Å². The highest BCUT2D eigenvalue weighted by Crippen LogP contribution is 2.03. The number of hydrogen-bond acceptors (Lipinski definition) is 2. The molecule has 1 atom stereocenters. The normalized spacial score (nSPS) is 11.5. The van der Waals surface area contributed by atoms with Crippen LogP contribution in [0.3, 0.4) is 0 Å². The lowest BCUT2D eigenvalue weighted by Crippen LogP contribution is -2.44. The molecule has 0 bridgehead atoms. The van der Waals surface area contributed by atoms with E-state index in [1.54, 1.807) is 12.1 Å². The number of thiocarbonyl (C=S) groups is 1. The number of benzene rings is 2. The summed E-state index contributed by atoms with van der Waals surface area (Å²) in [6.07, 6.45) is 0.849. The van der Waals surface area contributed by atoms with Crippen LogP contribution < -0.4 is 10.6 Å². The van der Waals surface area contributed by atoms with E-state index in [4.69, 9.17) is 12.2 Å².